The summed E-state index contributed by atoms with van der Waals surface area (Å²) >= 11 is 0. The summed E-state index contributed by atoms with van der Waals surface area (Å²) in [5.74, 6) is 2.24. The average Bonchev–Trinajstić information content (AvgIpc) is 2.89. The highest BCUT2D eigenvalue weighted by molar-refractivity contribution is 5.81. The van der Waals surface area contributed by atoms with E-state index in [2.05, 4.69) is 35.9 Å². The number of nitrogens with zero attached hydrogens (tertiary/aromatic N) is 1. The molecule has 0 amide bonds. The third-order valence-electron chi connectivity index (χ3n) is 3.75. The van der Waals surface area contributed by atoms with Gasteiger partial charge in [-0.05, 0) is 55.3 Å². The van der Waals surface area contributed by atoms with Gasteiger partial charge in [0, 0.05) is 5.56 Å². The van der Waals surface area contributed by atoms with E-state index >= 15 is 0 Å². The molecule has 4 nitrogen and oxygen atoms in total. The van der Waals surface area contributed by atoms with Gasteiger partial charge < -0.3 is 14.5 Å². The maximum absolute atomic E-state index is 5.34. The molecule has 108 valence electrons. The van der Waals surface area contributed by atoms with Crippen LogP contribution in [0.25, 0.3) is 22.4 Å². The van der Waals surface area contributed by atoms with E-state index in [-0.39, 0.29) is 0 Å². The molecule has 21 heavy (non-hydrogen) atoms. The van der Waals surface area contributed by atoms with E-state index in [9.17, 15) is 0 Å². The van der Waals surface area contributed by atoms with Crippen LogP contribution in [-0.4, -0.2) is 24.2 Å². The lowest BCUT2D eigenvalue weighted by atomic mass is 10.1. The Morgan fingerprint density at radius 1 is 0.905 bits per heavy atom. The molecule has 0 spiro atoms. The van der Waals surface area contributed by atoms with Crippen LogP contribution >= 0.6 is 0 Å². The number of H-pyrrole nitrogens is 1. The summed E-state index contributed by atoms with van der Waals surface area (Å²) in [6.07, 6.45) is 0. The van der Waals surface area contributed by atoms with Gasteiger partial charge in [-0.1, -0.05) is 0 Å². The molecule has 4 heteroatoms. The summed E-state index contributed by atoms with van der Waals surface area (Å²) in [7, 11) is 3.26. The zero-order chi connectivity index (χ0) is 15.0. The maximum atomic E-state index is 5.34. The van der Waals surface area contributed by atoms with Gasteiger partial charge in [0.15, 0.2) is 11.5 Å². The van der Waals surface area contributed by atoms with Gasteiger partial charge >= 0.3 is 0 Å². The Morgan fingerprint density at radius 2 is 1.62 bits per heavy atom. The van der Waals surface area contributed by atoms with Crippen molar-refractivity contribution >= 4 is 11.0 Å². The number of nitrogens with one attached hydrogen (secondary N) is 1. The van der Waals surface area contributed by atoms with Crippen molar-refractivity contribution in [2.75, 3.05) is 14.2 Å². The van der Waals surface area contributed by atoms with Gasteiger partial charge in [0.2, 0.25) is 0 Å². The summed E-state index contributed by atoms with van der Waals surface area (Å²) in [4.78, 5) is 8.03. The quantitative estimate of drug-likeness (QED) is 0.793. The fourth-order valence-electron chi connectivity index (χ4n) is 2.39. The van der Waals surface area contributed by atoms with Crippen molar-refractivity contribution in [3.8, 4) is 22.9 Å². The molecule has 1 N–H and O–H groups in total. The lowest BCUT2D eigenvalue weighted by molar-refractivity contribution is 0.355. The van der Waals surface area contributed by atoms with Gasteiger partial charge in [-0.25, -0.2) is 4.98 Å². The Hall–Kier alpha value is -2.49. The lowest BCUT2D eigenvalue weighted by Crippen LogP contribution is -1.91. The molecule has 0 fully saturated rings. The molecule has 0 atom stereocenters. The van der Waals surface area contributed by atoms with Crippen LogP contribution in [0.5, 0.6) is 11.5 Å². The zero-order valence-electron chi connectivity index (χ0n) is 12.7. The van der Waals surface area contributed by atoms with E-state index in [1.165, 1.54) is 11.1 Å². The van der Waals surface area contributed by atoms with E-state index in [4.69, 9.17) is 9.47 Å². The maximum Gasteiger partial charge on any atom is 0.161 e. The topological polar surface area (TPSA) is 47.1 Å². The van der Waals surface area contributed by atoms with Crippen LogP contribution in [0.4, 0.5) is 0 Å². The van der Waals surface area contributed by atoms with Crippen molar-refractivity contribution in [1.29, 1.82) is 0 Å². The van der Waals surface area contributed by atoms with Crippen molar-refractivity contribution in [3.05, 3.63) is 41.5 Å². The predicted molar refractivity (Wildman–Crippen MR) is 84.1 cm³/mol. The number of imidazole rings is 1. The number of fused-ring (bicyclic) bond motifs is 1. The first kappa shape index (κ1) is 13.5. The summed E-state index contributed by atoms with van der Waals surface area (Å²) in [5.41, 5.74) is 5.49. The highest BCUT2D eigenvalue weighted by atomic mass is 16.5. The molecular formula is C17H18N2O2. The Balaban J connectivity index is 2.12. The average molecular weight is 282 g/mol. The molecule has 2 aromatic carbocycles. The molecule has 0 saturated heterocycles. The molecule has 1 aromatic heterocycles. The SMILES string of the molecule is COc1ccc(-c2nc3cc(C)c(C)cc3[nH]2)cc1OC. The highest BCUT2D eigenvalue weighted by Crippen LogP contribution is 2.32. The van der Waals surface area contributed by atoms with Crippen LogP contribution < -0.4 is 9.47 Å². The third kappa shape index (κ3) is 2.33. The summed E-state index contributed by atoms with van der Waals surface area (Å²) in [6, 6.07) is 10.0. The largest absolute Gasteiger partial charge is 0.493 e. The van der Waals surface area contributed by atoms with E-state index in [1.807, 2.05) is 18.2 Å². The van der Waals surface area contributed by atoms with Crippen molar-refractivity contribution in [3.63, 3.8) is 0 Å². The van der Waals surface area contributed by atoms with Gasteiger partial charge in [-0.15, -0.1) is 0 Å². The first-order valence-corrected chi connectivity index (χ1v) is 6.81. The van der Waals surface area contributed by atoms with Crippen LogP contribution in [0.3, 0.4) is 0 Å². The number of rotatable bonds is 3. The minimum Gasteiger partial charge on any atom is -0.493 e. The molecule has 0 aliphatic carbocycles. The van der Waals surface area contributed by atoms with Gasteiger partial charge in [0.05, 0.1) is 25.3 Å². The molecule has 0 aliphatic heterocycles. The molecule has 3 rings (SSSR count). The smallest absolute Gasteiger partial charge is 0.161 e. The summed E-state index contributed by atoms with van der Waals surface area (Å²) in [6.45, 7) is 4.20. The number of benzene rings is 2. The fourth-order valence-corrected chi connectivity index (χ4v) is 2.39. The molecule has 0 unspecified atom stereocenters. The van der Waals surface area contributed by atoms with Gasteiger partial charge in [0.25, 0.3) is 0 Å². The monoisotopic (exact) mass is 282 g/mol. The number of aromatic amines is 1. The van der Waals surface area contributed by atoms with E-state index in [0.29, 0.717) is 11.5 Å². The molecule has 0 aliphatic rings. The number of hydrogen-bond donors (Lipinski definition) is 1. The Morgan fingerprint density at radius 3 is 2.33 bits per heavy atom. The first-order chi connectivity index (χ1) is 10.1. The number of aromatic nitrogens is 2. The van der Waals surface area contributed by atoms with E-state index in [1.54, 1.807) is 14.2 Å². The number of hydrogen-bond acceptors (Lipinski definition) is 3. The molecular weight excluding hydrogens is 264 g/mol. The molecule has 0 saturated carbocycles. The second-order valence-electron chi connectivity index (χ2n) is 5.11. The van der Waals surface area contributed by atoms with E-state index in [0.717, 1.165) is 22.4 Å². The lowest BCUT2D eigenvalue weighted by Gasteiger charge is -2.08. The Labute approximate surface area is 123 Å². The van der Waals surface area contributed by atoms with Crippen LogP contribution in [0.1, 0.15) is 11.1 Å². The standard InChI is InChI=1S/C17H18N2O2/c1-10-7-13-14(8-11(10)2)19-17(18-13)12-5-6-15(20-3)16(9-12)21-4/h5-9H,1-4H3,(H,18,19). The predicted octanol–water partition coefficient (Wildman–Crippen LogP) is 3.86. The zero-order valence-corrected chi connectivity index (χ0v) is 12.7. The molecule has 3 aromatic rings. The van der Waals surface area contributed by atoms with Crippen LogP contribution in [0.15, 0.2) is 30.3 Å². The number of methoxy groups -OCH3 is 2. The van der Waals surface area contributed by atoms with Crippen molar-refractivity contribution in [2.24, 2.45) is 0 Å². The second kappa shape index (κ2) is 5.13. The van der Waals surface area contributed by atoms with E-state index < -0.39 is 0 Å². The first-order valence-electron chi connectivity index (χ1n) is 6.81. The van der Waals surface area contributed by atoms with Crippen molar-refractivity contribution in [2.45, 2.75) is 13.8 Å². The normalized spacial score (nSPS) is 10.9. The Bertz CT molecular complexity index is 767. The van der Waals surface area contributed by atoms with Crippen LogP contribution in [-0.2, 0) is 0 Å². The third-order valence-corrected chi connectivity index (χ3v) is 3.75. The number of aryl methyl sites for hydroxylation is 2. The molecule has 1 heterocycles. The van der Waals surface area contributed by atoms with Crippen LogP contribution in [0.2, 0.25) is 0 Å². The summed E-state index contributed by atoms with van der Waals surface area (Å²) in [5, 5.41) is 0. The van der Waals surface area contributed by atoms with Gasteiger partial charge in [-0.2, -0.15) is 0 Å². The highest BCUT2D eigenvalue weighted by Gasteiger charge is 2.10. The van der Waals surface area contributed by atoms with Gasteiger partial charge in [0.1, 0.15) is 5.82 Å². The summed E-state index contributed by atoms with van der Waals surface area (Å²) < 4.78 is 10.6. The molecule has 0 bridgehead atoms. The molecule has 0 radical (unpaired) electrons. The Kier molecular flexibility index (Phi) is 3.29. The van der Waals surface area contributed by atoms with Crippen LogP contribution in [0, 0.1) is 13.8 Å². The van der Waals surface area contributed by atoms with Crippen molar-refractivity contribution < 1.29 is 9.47 Å². The minimum atomic E-state index is 0.697. The van der Waals surface area contributed by atoms with Gasteiger partial charge in [-0.3, -0.25) is 0 Å². The fraction of sp³-hybridized carbons (Fsp3) is 0.235. The van der Waals surface area contributed by atoms with Crippen molar-refractivity contribution in [1.82, 2.24) is 9.97 Å². The second-order valence-corrected chi connectivity index (χ2v) is 5.11. The minimum absolute atomic E-state index is 0.697. The number of ether oxygens (including phenoxy) is 2.